The van der Waals surface area contributed by atoms with Crippen molar-refractivity contribution < 1.29 is 35.8 Å². The fourth-order valence-electron chi connectivity index (χ4n) is 2.46. The van der Waals surface area contributed by atoms with Crippen LogP contribution in [0, 0.1) is 10.1 Å². The van der Waals surface area contributed by atoms with Crippen molar-refractivity contribution in [2.45, 2.75) is 43.7 Å². The molecule has 0 aliphatic heterocycles. The predicted molar refractivity (Wildman–Crippen MR) is 103 cm³/mol. The molecule has 0 unspecified atom stereocenters. The second kappa shape index (κ2) is 8.58. The highest BCUT2D eigenvalue weighted by molar-refractivity contribution is 7.86. The van der Waals surface area contributed by atoms with Gasteiger partial charge in [-0.3, -0.25) is 14.7 Å². The minimum Gasteiger partial charge on any atom is -0.449 e. The number of alkyl halides is 3. The lowest BCUT2D eigenvalue weighted by molar-refractivity contribution is -0.385. The van der Waals surface area contributed by atoms with E-state index in [1.54, 1.807) is 0 Å². The van der Waals surface area contributed by atoms with Gasteiger partial charge in [-0.25, -0.2) is 0 Å². The minimum absolute atomic E-state index is 0. The van der Waals surface area contributed by atoms with Crippen molar-refractivity contribution in [3.8, 4) is 11.5 Å². The first-order chi connectivity index (χ1) is 13.2. The third-order valence-corrected chi connectivity index (χ3v) is 5.46. The topological polar surface area (TPSA) is 142 Å². The number of hydrogen-bond acceptors (Lipinski definition) is 6. The standard InChI is InChI=1S/C18H18F3NO6S.H3N/c1-4-17(2,3)11-5-8-15(16(10-11)29(25,26)27)28-14-7-6-12(18(19,20)21)9-13(14)22(23)24;/h5-10H,4H2,1-3H3,(H,25,26,27);1H3. The summed E-state index contributed by atoms with van der Waals surface area (Å²) in [5.41, 5.74) is -2.15. The van der Waals surface area contributed by atoms with Gasteiger partial charge >= 0.3 is 11.9 Å². The molecule has 0 atom stereocenters. The Morgan fingerprint density at radius 1 is 1.07 bits per heavy atom. The highest BCUT2D eigenvalue weighted by Crippen LogP contribution is 2.40. The molecule has 0 aromatic heterocycles. The highest BCUT2D eigenvalue weighted by Gasteiger charge is 2.34. The Hall–Kier alpha value is -2.70. The van der Waals surface area contributed by atoms with Gasteiger partial charge in [0.05, 0.1) is 10.5 Å². The van der Waals surface area contributed by atoms with Crippen LogP contribution < -0.4 is 10.9 Å². The monoisotopic (exact) mass is 450 g/mol. The average molecular weight is 450 g/mol. The number of nitro groups is 1. The summed E-state index contributed by atoms with van der Waals surface area (Å²) < 4.78 is 76.9. The summed E-state index contributed by atoms with van der Waals surface area (Å²) in [5.74, 6) is -1.05. The van der Waals surface area contributed by atoms with Gasteiger partial charge in [-0.2, -0.15) is 21.6 Å². The van der Waals surface area contributed by atoms with Crippen molar-refractivity contribution >= 4 is 15.8 Å². The highest BCUT2D eigenvalue weighted by atomic mass is 32.2. The fraction of sp³-hybridized carbons (Fsp3) is 0.333. The van der Waals surface area contributed by atoms with Crippen LogP contribution in [-0.4, -0.2) is 17.9 Å². The average Bonchev–Trinajstić information content (AvgIpc) is 2.60. The van der Waals surface area contributed by atoms with E-state index in [0.717, 1.165) is 6.07 Å². The van der Waals surface area contributed by atoms with Crippen LogP contribution in [0.1, 0.15) is 38.3 Å². The molecule has 30 heavy (non-hydrogen) atoms. The number of halogens is 3. The molecule has 0 aliphatic carbocycles. The number of rotatable bonds is 6. The smallest absolute Gasteiger partial charge is 0.416 e. The Bertz CT molecular complexity index is 1050. The number of nitro benzene ring substituents is 1. The number of benzene rings is 2. The van der Waals surface area contributed by atoms with Gasteiger partial charge < -0.3 is 10.9 Å². The first-order valence-corrected chi connectivity index (χ1v) is 9.76. The molecule has 0 aliphatic rings. The number of ether oxygens (including phenoxy) is 1. The molecule has 0 saturated carbocycles. The van der Waals surface area contributed by atoms with Crippen LogP contribution in [-0.2, 0) is 21.7 Å². The first kappa shape index (κ1) is 25.3. The number of hydrogen-bond donors (Lipinski definition) is 2. The van der Waals surface area contributed by atoms with E-state index >= 15 is 0 Å². The van der Waals surface area contributed by atoms with E-state index in [-0.39, 0.29) is 12.2 Å². The van der Waals surface area contributed by atoms with Crippen molar-refractivity contribution in [1.82, 2.24) is 6.15 Å². The van der Waals surface area contributed by atoms with Crippen molar-refractivity contribution in [3.05, 3.63) is 57.6 Å². The fourth-order valence-corrected chi connectivity index (χ4v) is 3.10. The van der Waals surface area contributed by atoms with E-state index in [9.17, 15) is 36.3 Å². The van der Waals surface area contributed by atoms with Gasteiger partial charge in [0.15, 0.2) is 0 Å². The largest absolute Gasteiger partial charge is 0.449 e. The molecule has 8 nitrogen and oxygen atoms in total. The molecule has 12 heteroatoms. The molecular weight excluding hydrogens is 429 g/mol. The van der Waals surface area contributed by atoms with Gasteiger partial charge in [0.1, 0.15) is 10.6 Å². The van der Waals surface area contributed by atoms with E-state index in [1.165, 1.54) is 18.2 Å². The van der Waals surface area contributed by atoms with Crippen LogP contribution in [0.5, 0.6) is 11.5 Å². The molecule has 2 aromatic carbocycles. The molecule has 2 aromatic rings. The summed E-state index contributed by atoms with van der Waals surface area (Å²) in [6.07, 6.45) is -4.17. The normalized spacial score (nSPS) is 12.2. The summed E-state index contributed by atoms with van der Waals surface area (Å²) in [4.78, 5) is 9.46. The van der Waals surface area contributed by atoms with E-state index in [2.05, 4.69) is 0 Å². The second-order valence-electron chi connectivity index (χ2n) is 6.91. The Labute approximate surface area is 171 Å². The van der Waals surface area contributed by atoms with Gasteiger partial charge in [-0.15, -0.1) is 0 Å². The molecular formula is C18H21F3N2O6S. The molecule has 0 spiro atoms. The second-order valence-corrected chi connectivity index (χ2v) is 8.30. The summed E-state index contributed by atoms with van der Waals surface area (Å²) in [6.45, 7) is 5.57. The summed E-state index contributed by atoms with van der Waals surface area (Å²) in [5, 5.41) is 11.2. The van der Waals surface area contributed by atoms with Crippen molar-refractivity contribution in [3.63, 3.8) is 0 Å². The lowest BCUT2D eigenvalue weighted by Gasteiger charge is -2.24. The third kappa shape index (κ3) is 5.46. The van der Waals surface area contributed by atoms with Gasteiger partial charge in [0, 0.05) is 6.07 Å². The molecule has 0 bridgehead atoms. The van der Waals surface area contributed by atoms with Crippen molar-refractivity contribution in [2.75, 3.05) is 0 Å². The molecule has 0 amide bonds. The molecule has 0 radical (unpaired) electrons. The van der Waals surface area contributed by atoms with Gasteiger partial charge in [0.25, 0.3) is 10.1 Å². The van der Waals surface area contributed by atoms with E-state index in [1.807, 2.05) is 20.8 Å². The molecule has 0 saturated heterocycles. The lowest BCUT2D eigenvalue weighted by atomic mass is 9.82. The van der Waals surface area contributed by atoms with Crippen molar-refractivity contribution in [1.29, 1.82) is 0 Å². The Morgan fingerprint density at radius 3 is 2.07 bits per heavy atom. The summed E-state index contributed by atoms with van der Waals surface area (Å²) >= 11 is 0. The van der Waals surface area contributed by atoms with Gasteiger partial charge in [-0.1, -0.05) is 26.8 Å². The van der Waals surface area contributed by atoms with Crippen LogP contribution in [0.3, 0.4) is 0 Å². The molecule has 2 rings (SSSR count). The maximum Gasteiger partial charge on any atom is 0.416 e. The van der Waals surface area contributed by atoms with Crippen LogP contribution >= 0.6 is 0 Å². The molecule has 166 valence electrons. The minimum atomic E-state index is -4.81. The Balaban J connectivity index is 0.00000450. The van der Waals surface area contributed by atoms with E-state index in [0.29, 0.717) is 18.1 Å². The zero-order valence-corrected chi connectivity index (χ0v) is 17.2. The van der Waals surface area contributed by atoms with E-state index in [4.69, 9.17) is 4.74 Å². The zero-order chi connectivity index (χ0) is 22.2. The van der Waals surface area contributed by atoms with Gasteiger partial charge in [0.2, 0.25) is 5.75 Å². The molecule has 0 fully saturated rings. The first-order valence-electron chi connectivity index (χ1n) is 8.32. The summed E-state index contributed by atoms with van der Waals surface area (Å²) in [7, 11) is -4.78. The summed E-state index contributed by atoms with van der Waals surface area (Å²) in [6, 6.07) is 5.46. The Morgan fingerprint density at radius 2 is 1.60 bits per heavy atom. The van der Waals surface area contributed by atoms with Crippen LogP contribution in [0.4, 0.5) is 18.9 Å². The maximum absolute atomic E-state index is 12.8. The number of nitrogens with zero attached hydrogens (tertiary/aromatic N) is 1. The molecule has 4 N–H and O–H groups in total. The Kier molecular flexibility index (Phi) is 7.24. The van der Waals surface area contributed by atoms with Crippen LogP contribution in [0.25, 0.3) is 0 Å². The SMILES string of the molecule is CCC(C)(C)c1ccc(Oc2ccc(C(F)(F)F)cc2[N+](=O)[O-])c(S(=O)(=O)O)c1.N. The predicted octanol–water partition coefficient (Wildman–Crippen LogP) is 5.50. The van der Waals surface area contributed by atoms with Gasteiger partial charge in [-0.05, 0) is 41.7 Å². The quantitative estimate of drug-likeness (QED) is 0.336. The maximum atomic E-state index is 12.8. The van der Waals surface area contributed by atoms with Crippen molar-refractivity contribution in [2.24, 2.45) is 0 Å². The zero-order valence-electron chi connectivity index (χ0n) is 16.4. The molecule has 0 heterocycles. The van der Waals surface area contributed by atoms with Crippen LogP contribution in [0.2, 0.25) is 0 Å². The van der Waals surface area contributed by atoms with Crippen LogP contribution in [0.15, 0.2) is 41.3 Å². The third-order valence-electron chi connectivity index (χ3n) is 4.59. The van der Waals surface area contributed by atoms with E-state index < -0.39 is 54.3 Å². The lowest BCUT2D eigenvalue weighted by Crippen LogP contribution is -2.16.